The van der Waals surface area contributed by atoms with Crippen LogP contribution in [-0.2, 0) is 4.74 Å². The van der Waals surface area contributed by atoms with E-state index >= 15 is 0 Å². The standard InChI is InChI=1S/C16H17FN4O2/c17-13-4-19-15(20-5-13)21-7-12-8-22-10-16(12,9-21)11-23-14-2-1-3-18-6-14/h1-6,12H,7-11H2/t12-,16+/m1/s1. The Morgan fingerprint density at radius 3 is 3.00 bits per heavy atom. The number of anilines is 1. The number of aromatic nitrogens is 3. The highest BCUT2D eigenvalue weighted by Crippen LogP contribution is 2.42. The maximum absolute atomic E-state index is 13.0. The number of rotatable bonds is 4. The van der Waals surface area contributed by atoms with Crippen LogP contribution in [0.15, 0.2) is 36.9 Å². The van der Waals surface area contributed by atoms with Crippen molar-refractivity contribution in [1.29, 1.82) is 0 Å². The average Bonchev–Trinajstić information content (AvgIpc) is 3.12. The van der Waals surface area contributed by atoms with E-state index in [1.807, 2.05) is 12.1 Å². The van der Waals surface area contributed by atoms with E-state index in [2.05, 4.69) is 19.9 Å². The minimum Gasteiger partial charge on any atom is -0.491 e. The van der Waals surface area contributed by atoms with E-state index < -0.39 is 5.82 Å². The van der Waals surface area contributed by atoms with Gasteiger partial charge >= 0.3 is 0 Å². The summed E-state index contributed by atoms with van der Waals surface area (Å²) in [7, 11) is 0. The Labute approximate surface area is 133 Å². The summed E-state index contributed by atoms with van der Waals surface area (Å²) in [4.78, 5) is 14.3. The Morgan fingerprint density at radius 2 is 2.22 bits per heavy atom. The Hall–Kier alpha value is -2.28. The van der Waals surface area contributed by atoms with E-state index in [1.54, 1.807) is 12.4 Å². The van der Waals surface area contributed by atoms with Crippen LogP contribution in [0.2, 0.25) is 0 Å². The van der Waals surface area contributed by atoms with E-state index in [4.69, 9.17) is 9.47 Å². The maximum atomic E-state index is 13.0. The molecule has 2 aromatic rings. The maximum Gasteiger partial charge on any atom is 0.225 e. The van der Waals surface area contributed by atoms with Crippen molar-refractivity contribution in [3.05, 3.63) is 42.7 Å². The number of nitrogens with zero attached hydrogens (tertiary/aromatic N) is 4. The lowest BCUT2D eigenvalue weighted by atomic mass is 9.82. The zero-order valence-electron chi connectivity index (χ0n) is 12.6. The molecular formula is C16H17FN4O2. The largest absolute Gasteiger partial charge is 0.491 e. The van der Waals surface area contributed by atoms with Crippen LogP contribution in [-0.4, -0.2) is 47.9 Å². The van der Waals surface area contributed by atoms with Crippen LogP contribution in [0.4, 0.5) is 10.3 Å². The predicted molar refractivity (Wildman–Crippen MR) is 80.7 cm³/mol. The number of fused-ring (bicyclic) bond motifs is 1. The smallest absolute Gasteiger partial charge is 0.225 e. The molecule has 0 radical (unpaired) electrons. The van der Waals surface area contributed by atoms with Crippen molar-refractivity contribution in [3.8, 4) is 5.75 Å². The van der Waals surface area contributed by atoms with Crippen molar-refractivity contribution in [1.82, 2.24) is 15.0 Å². The highest BCUT2D eigenvalue weighted by Gasteiger charge is 2.52. The molecule has 2 atom stereocenters. The molecule has 0 unspecified atom stereocenters. The fourth-order valence-corrected chi connectivity index (χ4v) is 3.32. The van der Waals surface area contributed by atoms with Crippen molar-refractivity contribution in [2.24, 2.45) is 11.3 Å². The van der Waals surface area contributed by atoms with Gasteiger partial charge in [0.05, 0.1) is 43.8 Å². The SMILES string of the molecule is Fc1cnc(N2C[C@@H]3COC[C@]3(COc3cccnc3)C2)nc1. The summed E-state index contributed by atoms with van der Waals surface area (Å²) in [5, 5.41) is 0. The first-order chi connectivity index (χ1) is 11.3. The average molecular weight is 316 g/mol. The van der Waals surface area contributed by atoms with Crippen molar-refractivity contribution in [2.75, 3.05) is 37.8 Å². The lowest BCUT2D eigenvalue weighted by Crippen LogP contribution is -2.37. The third kappa shape index (κ3) is 2.72. The van der Waals surface area contributed by atoms with Crippen molar-refractivity contribution in [3.63, 3.8) is 0 Å². The molecule has 120 valence electrons. The zero-order chi connectivity index (χ0) is 15.7. The molecule has 0 N–H and O–H groups in total. The van der Waals surface area contributed by atoms with Gasteiger partial charge in [0.15, 0.2) is 5.82 Å². The second-order valence-corrected chi connectivity index (χ2v) is 6.13. The second-order valence-electron chi connectivity index (χ2n) is 6.13. The van der Waals surface area contributed by atoms with Crippen LogP contribution in [0.3, 0.4) is 0 Å². The van der Waals surface area contributed by atoms with Crippen LogP contribution in [0.25, 0.3) is 0 Å². The summed E-state index contributed by atoms with van der Waals surface area (Å²) in [6, 6.07) is 3.74. The van der Waals surface area contributed by atoms with Gasteiger partial charge in [0.25, 0.3) is 0 Å². The third-order valence-corrected chi connectivity index (χ3v) is 4.57. The van der Waals surface area contributed by atoms with E-state index in [-0.39, 0.29) is 5.41 Å². The molecule has 2 aliphatic heterocycles. The Morgan fingerprint density at radius 1 is 1.35 bits per heavy atom. The normalized spacial score (nSPS) is 26.3. The molecule has 0 bridgehead atoms. The second kappa shape index (κ2) is 5.73. The number of hydrogen-bond donors (Lipinski definition) is 0. The number of hydrogen-bond acceptors (Lipinski definition) is 6. The Kier molecular flexibility index (Phi) is 3.57. The highest BCUT2D eigenvalue weighted by molar-refractivity contribution is 5.34. The van der Waals surface area contributed by atoms with Gasteiger partial charge in [0.2, 0.25) is 5.95 Å². The summed E-state index contributed by atoms with van der Waals surface area (Å²) in [5.41, 5.74) is -0.0897. The Balaban J connectivity index is 1.49. The van der Waals surface area contributed by atoms with E-state index in [1.165, 1.54) is 12.4 Å². The summed E-state index contributed by atoms with van der Waals surface area (Å²) in [5.74, 6) is 1.24. The van der Waals surface area contributed by atoms with Gasteiger partial charge in [-0.3, -0.25) is 4.98 Å². The number of halogens is 1. The molecule has 0 aromatic carbocycles. The molecule has 2 saturated heterocycles. The fourth-order valence-electron chi connectivity index (χ4n) is 3.32. The summed E-state index contributed by atoms with van der Waals surface area (Å²) in [6.45, 7) is 3.44. The summed E-state index contributed by atoms with van der Waals surface area (Å²) in [6.07, 6.45) is 5.82. The van der Waals surface area contributed by atoms with Crippen molar-refractivity contribution in [2.45, 2.75) is 0 Å². The molecule has 0 aliphatic carbocycles. The predicted octanol–water partition coefficient (Wildman–Crippen LogP) is 1.54. The first-order valence-corrected chi connectivity index (χ1v) is 7.58. The molecule has 2 aromatic heterocycles. The van der Waals surface area contributed by atoms with Crippen LogP contribution in [0, 0.1) is 17.2 Å². The van der Waals surface area contributed by atoms with Crippen LogP contribution >= 0.6 is 0 Å². The van der Waals surface area contributed by atoms with Gasteiger partial charge in [0, 0.05) is 25.2 Å². The van der Waals surface area contributed by atoms with E-state index in [0.717, 1.165) is 18.8 Å². The molecule has 6 nitrogen and oxygen atoms in total. The molecule has 7 heteroatoms. The first-order valence-electron chi connectivity index (χ1n) is 7.58. The molecule has 0 saturated carbocycles. The highest BCUT2D eigenvalue weighted by atomic mass is 19.1. The molecule has 23 heavy (non-hydrogen) atoms. The van der Waals surface area contributed by atoms with Crippen LogP contribution in [0.5, 0.6) is 5.75 Å². The lowest BCUT2D eigenvalue weighted by Gasteiger charge is -2.27. The van der Waals surface area contributed by atoms with Gasteiger partial charge in [-0.15, -0.1) is 0 Å². The van der Waals surface area contributed by atoms with Gasteiger partial charge in [0.1, 0.15) is 5.75 Å². The van der Waals surface area contributed by atoms with Gasteiger partial charge in [-0.2, -0.15) is 0 Å². The van der Waals surface area contributed by atoms with Crippen molar-refractivity contribution >= 4 is 5.95 Å². The minimum absolute atomic E-state index is 0.0897. The number of ether oxygens (including phenoxy) is 2. The zero-order valence-corrected chi connectivity index (χ0v) is 12.6. The van der Waals surface area contributed by atoms with E-state index in [0.29, 0.717) is 31.7 Å². The van der Waals surface area contributed by atoms with Crippen molar-refractivity contribution < 1.29 is 13.9 Å². The fraction of sp³-hybridized carbons (Fsp3) is 0.438. The summed E-state index contributed by atoms with van der Waals surface area (Å²) < 4.78 is 24.6. The third-order valence-electron chi connectivity index (χ3n) is 4.57. The number of pyridine rings is 1. The van der Waals surface area contributed by atoms with Crippen LogP contribution < -0.4 is 9.64 Å². The quantitative estimate of drug-likeness (QED) is 0.853. The van der Waals surface area contributed by atoms with E-state index in [9.17, 15) is 4.39 Å². The summed E-state index contributed by atoms with van der Waals surface area (Å²) >= 11 is 0. The molecule has 2 aliphatic rings. The molecule has 0 amide bonds. The molecule has 0 spiro atoms. The van der Waals surface area contributed by atoms with Crippen LogP contribution in [0.1, 0.15) is 0 Å². The topological polar surface area (TPSA) is 60.4 Å². The molecule has 2 fully saturated rings. The lowest BCUT2D eigenvalue weighted by molar-refractivity contribution is 0.110. The Bertz CT molecular complexity index is 670. The molecule has 4 heterocycles. The van der Waals surface area contributed by atoms with Gasteiger partial charge in [-0.25, -0.2) is 14.4 Å². The molecule has 4 rings (SSSR count). The monoisotopic (exact) mass is 316 g/mol. The van der Waals surface area contributed by atoms with Gasteiger partial charge in [-0.05, 0) is 12.1 Å². The van der Waals surface area contributed by atoms with Gasteiger partial charge in [-0.1, -0.05) is 0 Å². The molecular weight excluding hydrogens is 299 g/mol. The van der Waals surface area contributed by atoms with Gasteiger partial charge < -0.3 is 14.4 Å². The minimum atomic E-state index is -0.425. The first kappa shape index (κ1) is 14.3.